The van der Waals surface area contributed by atoms with Gasteiger partial charge in [-0.2, -0.15) is 0 Å². The van der Waals surface area contributed by atoms with Crippen LogP contribution in [0.3, 0.4) is 0 Å². The second-order valence-corrected chi connectivity index (χ2v) is 2.95. The summed E-state index contributed by atoms with van der Waals surface area (Å²) in [6.45, 7) is 0. The SMILES string of the molecule is N#[N+]Nc1c(Cl)cc([N+](=O)[O-])cc1[N+](=O)[O-]. The minimum Gasteiger partial charge on any atom is -0.258 e. The van der Waals surface area contributed by atoms with E-state index in [9.17, 15) is 20.2 Å². The largest absolute Gasteiger partial charge is 0.308 e. The highest BCUT2D eigenvalue weighted by molar-refractivity contribution is 6.34. The summed E-state index contributed by atoms with van der Waals surface area (Å²) in [5, 5.41) is 31.4. The van der Waals surface area contributed by atoms with Crippen LogP contribution >= 0.6 is 11.6 Å². The third-order valence-corrected chi connectivity index (χ3v) is 1.92. The molecule has 0 spiro atoms. The lowest BCUT2D eigenvalue weighted by Gasteiger charge is -1.98. The average Bonchev–Trinajstić information content (AvgIpc) is 2.20. The summed E-state index contributed by atoms with van der Waals surface area (Å²) in [5.74, 6) is 0. The highest BCUT2D eigenvalue weighted by atomic mass is 35.5. The molecule has 16 heavy (non-hydrogen) atoms. The van der Waals surface area contributed by atoms with Gasteiger partial charge in [-0.1, -0.05) is 11.6 Å². The lowest BCUT2D eigenvalue weighted by atomic mass is 10.2. The number of nitro benzene ring substituents is 2. The molecule has 0 atom stereocenters. The molecule has 0 saturated carbocycles. The van der Waals surface area contributed by atoms with Crippen molar-refractivity contribution in [2.24, 2.45) is 0 Å². The lowest BCUT2D eigenvalue weighted by molar-refractivity contribution is -0.393. The van der Waals surface area contributed by atoms with Crippen molar-refractivity contribution in [1.82, 2.24) is 0 Å². The summed E-state index contributed by atoms with van der Waals surface area (Å²) in [6, 6.07) is 1.61. The zero-order chi connectivity index (χ0) is 12.3. The number of diazo groups is 1. The van der Waals surface area contributed by atoms with Crippen LogP contribution in [0.1, 0.15) is 0 Å². The summed E-state index contributed by atoms with van der Waals surface area (Å²) in [6.07, 6.45) is 0. The number of hydrogen-bond acceptors (Lipinski definition) is 6. The molecule has 0 unspecified atom stereocenters. The third-order valence-electron chi connectivity index (χ3n) is 1.62. The maximum Gasteiger partial charge on any atom is 0.308 e. The van der Waals surface area contributed by atoms with Gasteiger partial charge in [-0.05, 0) is 5.43 Å². The highest BCUT2D eigenvalue weighted by Crippen LogP contribution is 2.36. The van der Waals surface area contributed by atoms with Crippen LogP contribution in [0.15, 0.2) is 12.1 Å². The molecule has 0 amide bonds. The summed E-state index contributed by atoms with van der Waals surface area (Å²) in [4.78, 5) is 19.3. The molecule has 0 aliphatic heterocycles. The van der Waals surface area contributed by atoms with Gasteiger partial charge in [0.1, 0.15) is 0 Å². The van der Waals surface area contributed by atoms with Gasteiger partial charge in [-0.3, -0.25) is 20.2 Å². The van der Waals surface area contributed by atoms with Crippen LogP contribution in [0.25, 0.3) is 5.08 Å². The van der Waals surface area contributed by atoms with E-state index in [0.717, 1.165) is 6.07 Å². The molecular formula is C6H3ClN5O4+. The molecule has 1 N–H and O–H groups in total. The number of halogens is 1. The van der Waals surface area contributed by atoms with Crippen LogP contribution < -0.4 is 5.43 Å². The maximum atomic E-state index is 10.6. The van der Waals surface area contributed by atoms with Crippen LogP contribution in [0, 0.1) is 25.6 Å². The van der Waals surface area contributed by atoms with Crippen molar-refractivity contribution in [3.63, 3.8) is 0 Å². The van der Waals surface area contributed by atoms with Crippen molar-refractivity contribution in [1.29, 1.82) is 5.39 Å². The van der Waals surface area contributed by atoms with Crippen LogP contribution in [0.4, 0.5) is 17.1 Å². The van der Waals surface area contributed by atoms with Crippen LogP contribution in [-0.2, 0) is 0 Å². The Morgan fingerprint density at radius 2 is 1.94 bits per heavy atom. The number of non-ortho nitro benzene ring substituents is 1. The minimum absolute atomic E-state index is 0.293. The van der Waals surface area contributed by atoms with Gasteiger partial charge in [0.2, 0.25) is 5.69 Å². The Balaban J connectivity index is 3.46. The van der Waals surface area contributed by atoms with E-state index in [2.05, 4.69) is 5.08 Å². The van der Waals surface area contributed by atoms with E-state index in [-0.39, 0.29) is 10.7 Å². The number of benzene rings is 1. The van der Waals surface area contributed by atoms with Gasteiger partial charge in [-0.25, -0.2) is 0 Å². The average molecular weight is 245 g/mol. The summed E-state index contributed by atoms with van der Waals surface area (Å²) >= 11 is 5.56. The van der Waals surface area contributed by atoms with Crippen molar-refractivity contribution in [3.8, 4) is 0 Å². The predicted octanol–water partition coefficient (Wildman–Crippen LogP) is 2.34. The van der Waals surface area contributed by atoms with Gasteiger partial charge in [0, 0.05) is 6.07 Å². The first-order valence-electron chi connectivity index (χ1n) is 3.69. The number of rotatable bonds is 3. The zero-order valence-electron chi connectivity index (χ0n) is 7.45. The molecule has 1 aromatic rings. The first-order valence-corrected chi connectivity index (χ1v) is 4.07. The second-order valence-electron chi connectivity index (χ2n) is 2.55. The van der Waals surface area contributed by atoms with Gasteiger partial charge in [0.25, 0.3) is 11.1 Å². The Hall–Kier alpha value is -2.47. The van der Waals surface area contributed by atoms with E-state index in [1.54, 1.807) is 0 Å². The molecule has 9 nitrogen and oxygen atoms in total. The smallest absolute Gasteiger partial charge is 0.258 e. The molecule has 1 aromatic carbocycles. The number of nitrogens with zero attached hydrogens (tertiary/aromatic N) is 4. The fraction of sp³-hybridized carbons (Fsp3) is 0. The Labute approximate surface area is 92.5 Å². The maximum absolute atomic E-state index is 10.6. The van der Waals surface area contributed by atoms with E-state index in [4.69, 9.17) is 17.0 Å². The molecule has 0 aromatic heterocycles. The summed E-state index contributed by atoms with van der Waals surface area (Å²) in [7, 11) is 0. The van der Waals surface area contributed by atoms with Crippen LogP contribution in [0.5, 0.6) is 0 Å². The van der Waals surface area contributed by atoms with Gasteiger partial charge in [0.15, 0.2) is 0 Å². The molecule has 0 bridgehead atoms. The number of nitrogens with one attached hydrogen (secondary N) is 1. The van der Waals surface area contributed by atoms with Gasteiger partial charge in [0.05, 0.1) is 20.9 Å². The van der Waals surface area contributed by atoms with E-state index >= 15 is 0 Å². The topological polar surface area (TPSA) is 126 Å². The highest BCUT2D eigenvalue weighted by Gasteiger charge is 2.26. The van der Waals surface area contributed by atoms with E-state index in [0.29, 0.717) is 6.07 Å². The zero-order valence-corrected chi connectivity index (χ0v) is 8.21. The molecule has 82 valence electrons. The fourth-order valence-corrected chi connectivity index (χ4v) is 1.24. The first kappa shape index (κ1) is 11.6. The first-order chi connectivity index (χ1) is 7.47. The Morgan fingerprint density at radius 1 is 1.31 bits per heavy atom. The van der Waals surface area contributed by atoms with E-state index in [1.165, 1.54) is 0 Å². The predicted molar refractivity (Wildman–Crippen MR) is 53.5 cm³/mol. The van der Waals surface area contributed by atoms with Crippen molar-refractivity contribution >= 4 is 28.7 Å². The Kier molecular flexibility index (Phi) is 3.17. The van der Waals surface area contributed by atoms with Gasteiger partial charge in [-0.15, -0.1) is 0 Å². The van der Waals surface area contributed by atoms with E-state index in [1.807, 2.05) is 5.43 Å². The van der Waals surface area contributed by atoms with Crippen molar-refractivity contribution in [3.05, 3.63) is 42.5 Å². The summed E-state index contributed by atoms with van der Waals surface area (Å²) < 4.78 is 0. The fourth-order valence-electron chi connectivity index (χ4n) is 0.988. The Morgan fingerprint density at radius 3 is 2.38 bits per heavy atom. The minimum atomic E-state index is -0.883. The third kappa shape index (κ3) is 2.12. The molecule has 0 fully saturated rings. The van der Waals surface area contributed by atoms with Crippen LogP contribution in [0.2, 0.25) is 5.02 Å². The van der Waals surface area contributed by atoms with Crippen molar-refractivity contribution < 1.29 is 9.85 Å². The Bertz CT molecular complexity index is 510. The quantitative estimate of drug-likeness (QED) is 0.494. The molecule has 0 saturated heterocycles. The second kappa shape index (κ2) is 4.37. The van der Waals surface area contributed by atoms with Crippen molar-refractivity contribution in [2.45, 2.75) is 0 Å². The molecule has 10 heteroatoms. The number of anilines is 1. The normalized spacial score (nSPS) is 9.25. The van der Waals surface area contributed by atoms with E-state index < -0.39 is 21.2 Å². The molecule has 0 aliphatic rings. The van der Waals surface area contributed by atoms with Crippen LogP contribution in [-0.4, -0.2) is 9.85 Å². The van der Waals surface area contributed by atoms with Gasteiger partial charge < -0.3 is 0 Å². The molecule has 0 aliphatic carbocycles. The lowest BCUT2D eigenvalue weighted by Crippen LogP contribution is -1.98. The monoisotopic (exact) mass is 244 g/mol. The van der Waals surface area contributed by atoms with Gasteiger partial charge >= 0.3 is 10.8 Å². The number of hydrogen-bond donors (Lipinski definition) is 1. The molecule has 1 rings (SSSR count). The molecular weight excluding hydrogens is 242 g/mol. The standard InChI is InChI=1S/C6H3ClN5O4/c7-4-1-3(11(13)14)2-5(12(15)16)6(4)9-10-8/h1-2,9H/q+1. The molecule has 0 heterocycles. The van der Waals surface area contributed by atoms with Crippen molar-refractivity contribution in [2.75, 3.05) is 5.43 Å². The summed E-state index contributed by atoms with van der Waals surface area (Å²) in [5.41, 5.74) is 0.373. The molecule has 0 radical (unpaired) electrons. The number of nitro groups is 2.